The summed E-state index contributed by atoms with van der Waals surface area (Å²) in [6.07, 6.45) is 5.74. The van der Waals surface area contributed by atoms with E-state index in [-0.39, 0.29) is 17.5 Å². The zero-order valence-electron chi connectivity index (χ0n) is 10.9. The molecule has 3 heterocycles. The summed E-state index contributed by atoms with van der Waals surface area (Å²) < 4.78 is 7.34. The number of ether oxygens (including phenoxy) is 1. The first-order valence-corrected chi connectivity index (χ1v) is 6.62. The van der Waals surface area contributed by atoms with Crippen molar-refractivity contribution < 1.29 is 14.9 Å². The fourth-order valence-electron chi connectivity index (χ4n) is 2.50. The molecule has 2 aromatic rings. The van der Waals surface area contributed by atoms with Crippen molar-refractivity contribution in [2.45, 2.75) is 24.4 Å². The second-order valence-electron chi connectivity index (χ2n) is 4.85. The maximum Gasteiger partial charge on any atom is 0.226 e. The minimum atomic E-state index is -1.41. The van der Waals surface area contributed by atoms with Gasteiger partial charge in [-0.1, -0.05) is 5.92 Å². The van der Waals surface area contributed by atoms with E-state index in [0.717, 1.165) is 0 Å². The molecule has 0 aromatic carbocycles. The van der Waals surface area contributed by atoms with Gasteiger partial charge in [-0.05, 0) is 17.7 Å². The van der Waals surface area contributed by atoms with Crippen molar-refractivity contribution >= 4 is 28.5 Å². The normalized spacial score (nSPS) is 28.9. The zero-order valence-corrected chi connectivity index (χ0v) is 11.7. The van der Waals surface area contributed by atoms with E-state index in [2.05, 4.69) is 15.9 Å². The number of aromatic nitrogens is 3. The Kier molecular flexibility index (Phi) is 3.26. The Morgan fingerprint density at radius 3 is 3.00 bits per heavy atom. The van der Waals surface area contributed by atoms with Crippen LogP contribution in [0.3, 0.4) is 0 Å². The van der Waals surface area contributed by atoms with Gasteiger partial charge < -0.3 is 25.3 Å². The molecule has 1 aliphatic rings. The summed E-state index contributed by atoms with van der Waals surface area (Å²) >= 11 is 5.82. The number of hydrogen-bond donors (Lipinski definition) is 3. The Labute approximate surface area is 125 Å². The van der Waals surface area contributed by atoms with Gasteiger partial charge in [-0.3, -0.25) is 0 Å². The van der Waals surface area contributed by atoms with Gasteiger partial charge in [0.2, 0.25) is 5.28 Å². The lowest BCUT2D eigenvalue weighted by molar-refractivity contribution is -0.0890. The molecule has 4 N–H and O–H groups in total. The van der Waals surface area contributed by atoms with E-state index in [1.807, 2.05) is 0 Å². The van der Waals surface area contributed by atoms with Gasteiger partial charge in [0.15, 0.2) is 5.60 Å². The summed E-state index contributed by atoms with van der Waals surface area (Å²) in [4.78, 5) is 8.00. The highest BCUT2D eigenvalue weighted by molar-refractivity contribution is 6.28. The monoisotopic (exact) mass is 308 g/mol. The van der Waals surface area contributed by atoms with Crippen molar-refractivity contribution in [2.75, 3.05) is 12.3 Å². The summed E-state index contributed by atoms with van der Waals surface area (Å²) in [7, 11) is 0. The van der Waals surface area contributed by atoms with E-state index in [1.54, 1.807) is 16.8 Å². The van der Waals surface area contributed by atoms with Crippen LogP contribution in [0.25, 0.3) is 11.0 Å². The van der Waals surface area contributed by atoms with Gasteiger partial charge in [-0.2, -0.15) is 4.98 Å². The number of nitrogens with zero attached hydrogens (tertiary/aromatic N) is 3. The lowest BCUT2D eigenvalue weighted by Gasteiger charge is -2.23. The number of terminal acetylenes is 1. The van der Waals surface area contributed by atoms with Crippen molar-refractivity contribution in [2.24, 2.45) is 0 Å². The van der Waals surface area contributed by atoms with E-state index in [9.17, 15) is 10.2 Å². The van der Waals surface area contributed by atoms with E-state index >= 15 is 0 Å². The molecule has 3 atom stereocenters. The summed E-state index contributed by atoms with van der Waals surface area (Å²) in [5, 5.41) is 20.1. The second kappa shape index (κ2) is 4.86. The smallest absolute Gasteiger partial charge is 0.226 e. The molecule has 21 heavy (non-hydrogen) atoms. The predicted molar refractivity (Wildman–Crippen MR) is 76.3 cm³/mol. The van der Waals surface area contributed by atoms with Gasteiger partial charge >= 0.3 is 0 Å². The highest BCUT2D eigenvalue weighted by atomic mass is 35.5. The molecule has 1 unspecified atom stereocenters. The molecule has 2 aromatic heterocycles. The second-order valence-corrected chi connectivity index (χ2v) is 5.19. The number of fused-ring (bicyclic) bond motifs is 1. The minimum Gasteiger partial charge on any atom is -0.392 e. The minimum absolute atomic E-state index is 0.0175. The van der Waals surface area contributed by atoms with Gasteiger partial charge in [0, 0.05) is 12.6 Å². The molecule has 0 saturated carbocycles. The summed E-state index contributed by atoms with van der Waals surface area (Å²) in [5.41, 5.74) is 4.86. The molecule has 8 heteroatoms. The van der Waals surface area contributed by atoms with Crippen LogP contribution in [0.4, 0.5) is 5.82 Å². The topological polar surface area (TPSA) is 106 Å². The maximum absolute atomic E-state index is 10.1. The molecule has 110 valence electrons. The Balaban J connectivity index is 2.05. The summed E-state index contributed by atoms with van der Waals surface area (Å²) in [5.74, 6) is 2.58. The van der Waals surface area contributed by atoms with Gasteiger partial charge in [0.1, 0.15) is 23.8 Å². The molecule has 0 radical (unpaired) electrons. The van der Waals surface area contributed by atoms with Crippen LogP contribution in [0.15, 0.2) is 12.3 Å². The maximum atomic E-state index is 10.1. The average molecular weight is 309 g/mol. The number of nitrogen functional groups attached to an aromatic ring is 1. The molecule has 1 aliphatic heterocycles. The molecule has 1 saturated heterocycles. The first-order chi connectivity index (χ1) is 10.0. The van der Waals surface area contributed by atoms with E-state index in [1.165, 1.54) is 0 Å². The van der Waals surface area contributed by atoms with Gasteiger partial charge in [-0.15, -0.1) is 6.42 Å². The van der Waals surface area contributed by atoms with Crippen molar-refractivity contribution in [3.63, 3.8) is 0 Å². The van der Waals surface area contributed by atoms with Gasteiger partial charge in [-0.25, -0.2) is 4.98 Å². The van der Waals surface area contributed by atoms with Crippen LogP contribution in [0.5, 0.6) is 0 Å². The molecule has 0 aliphatic carbocycles. The molecular weight excluding hydrogens is 296 g/mol. The van der Waals surface area contributed by atoms with Crippen molar-refractivity contribution in [3.8, 4) is 12.3 Å². The van der Waals surface area contributed by atoms with Gasteiger partial charge in [0.25, 0.3) is 0 Å². The lowest BCUT2D eigenvalue weighted by atomic mass is 9.99. The van der Waals surface area contributed by atoms with Gasteiger partial charge in [0.05, 0.1) is 12.0 Å². The molecule has 0 amide bonds. The summed E-state index contributed by atoms with van der Waals surface area (Å²) in [6.45, 7) is -0.474. The standard InChI is InChI=1S/C13H13ClN4O3/c1-2-13(6-19)8(20)5-9(21-13)18-4-3-7-10(15)16-12(14)17-11(7)18/h1,3-4,8-9,19-20H,5-6H2,(H2,15,16,17)/t8?,9-,13-/m1/s1. The van der Waals surface area contributed by atoms with Crippen molar-refractivity contribution in [3.05, 3.63) is 17.5 Å². The fourth-order valence-corrected chi connectivity index (χ4v) is 2.67. The van der Waals surface area contributed by atoms with Crippen LogP contribution < -0.4 is 5.73 Å². The Bertz CT molecular complexity index is 741. The molecule has 1 fully saturated rings. The van der Waals surface area contributed by atoms with Crippen molar-refractivity contribution in [1.29, 1.82) is 0 Å². The molecule has 3 rings (SSSR count). The highest BCUT2D eigenvalue weighted by Gasteiger charge is 2.47. The lowest BCUT2D eigenvalue weighted by Crippen LogP contribution is -2.41. The Morgan fingerprint density at radius 1 is 1.62 bits per heavy atom. The number of rotatable bonds is 2. The Hall–Kier alpha value is -1.85. The number of anilines is 1. The number of aliphatic hydroxyl groups excluding tert-OH is 2. The van der Waals surface area contributed by atoms with Crippen LogP contribution in [0.1, 0.15) is 12.6 Å². The SMILES string of the molecule is C#C[C@]1(CO)O[C@@H](n2ccc3c(N)nc(Cl)nc32)CC1O. The third-order valence-electron chi connectivity index (χ3n) is 3.67. The Morgan fingerprint density at radius 2 is 2.38 bits per heavy atom. The van der Waals surface area contributed by atoms with E-state index in [0.29, 0.717) is 11.0 Å². The first-order valence-electron chi connectivity index (χ1n) is 6.25. The molecule has 0 bridgehead atoms. The van der Waals surface area contributed by atoms with Crippen LogP contribution in [-0.2, 0) is 4.74 Å². The van der Waals surface area contributed by atoms with Crippen LogP contribution in [0.2, 0.25) is 5.28 Å². The average Bonchev–Trinajstić information content (AvgIpc) is 3.00. The zero-order chi connectivity index (χ0) is 15.2. The fraction of sp³-hybridized carbons (Fsp3) is 0.385. The number of aliphatic hydroxyl groups is 2. The number of halogens is 1. The van der Waals surface area contributed by atoms with E-state index in [4.69, 9.17) is 28.5 Å². The quantitative estimate of drug-likeness (QED) is 0.544. The predicted octanol–water partition coefficient (Wildman–Crippen LogP) is 0.311. The van der Waals surface area contributed by atoms with Crippen molar-refractivity contribution in [1.82, 2.24) is 14.5 Å². The molecule has 0 spiro atoms. The molecular formula is C13H13ClN4O3. The number of hydrogen-bond acceptors (Lipinski definition) is 6. The summed E-state index contributed by atoms with van der Waals surface area (Å²) in [6, 6.07) is 1.73. The highest BCUT2D eigenvalue weighted by Crippen LogP contribution is 2.38. The number of nitrogens with two attached hydrogens (primary N) is 1. The third kappa shape index (κ3) is 2.04. The van der Waals surface area contributed by atoms with E-state index < -0.39 is 24.5 Å². The molecule has 7 nitrogen and oxygen atoms in total. The largest absolute Gasteiger partial charge is 0.392 e. The van der Waals surface area contributed by atoms with Crippen LogP contribution in [0, 0.1) is 12.3 Å². The van der Waals surface area contributed by atoms with Crippen LogP contribution in [-0.4, -0.2) is 43.1 Å². The van der Waals surface area contributed by atoms with Crippen LogP contribution >= 0.6 is 11.6 Å². The third-order valence-corrected chi connectivity index (χ3v) is 3.84. The first kappa shape index (κ1) is 14.1.